The molecule has 0 radical (unpaired) electrons. The number of benzene rings is 1. The van der Waals surface area contributed by atoms with Crippen molar-refractivity contribution >= 4 is 0 Å². The molecule has 0 aliphatic rings. The maximum absolute atomic E-state index is 6.19. The fourth-order valence-electron chi connectivity index (χ4n) is 1.86. The van der Waals surface area contributed by atoms with Gasteiger partial charge in [0.05, 0.1) is 0 Å². The molecule has 1 aromatic carbocycles. The molecule has 1 unspecified atom stereocenters. The van der Waals surface area contributed by atoms with Gasteiger partial charge in [-0.3, -0.25) is 0 Å². The number of hydrogen-bond acceptors (Lipinski definition) is 2. The molecule has 1 aromatic rings. The molecule has 0 heterocycles. The molecule has 0 bridgehead atoms. The minimum absolute atomic E-state index is 0.127. The molecule has 0 aliphatic carbocycles. The first-order valence-electron chi connectivity index (χ1n) is 6.14. The van der Waals surface area contributed by atoms with Crippen molar-refractivity contribution in [1.29, 1.82) is 0 Å². The molecule has 0 aliphatic heterocycles. The molecule has 0 aromatic heterocycles. The molecular formula is C14H24N2. The van der Waals surface area contributed by atoms with Crippen LogP contribution in [-0.4, -0.2) is 25.0 Å². The molecule has 1 atom stereocenters. The van der Waals surface area contributed by atoms with E-state index in [1.165, 1.54) is 24.0 Å². The Morgan fingerprint density at radius 3 is 2.75 bits per heavy atom. The number of unbranched alkanes of at least 4 members (excludes halogenated alkanes) is 1. The molecule has 0 saturated carbocycles. The van der Waals surface area contributed by atoms with E-state index in [1.54, 1.807) is 0 Å². The highest BCUT2D eigenvalue weighted by Gasteiger charge is 2.08. The summed E-state index contributed by atoms with van der Waals surface area (Å²) in [4.78, 5) is 2.32. The highest BCUT2D eigenvalue weighted by molar-refractivity contribution is 5.24. The molecule has 2 N–H and O–H groups in total. The molecular weight excluding hydrogens is 196 g/mol. The minimum atomic E-state index is 0.127. The summed E-state index contributed by atoms with van der Waals surface area (Å²) < 4.78 is 0. The lowest BCUT2D eigenvalue weighted by atomic mass is 10.0. The topological polar surface area (TPSA) is 29.3 Å². The van der Waals surface area contributed by atoms with Crippen LogP contribution < -0.4 is 5.73 Å². The van der Waals surface area contributed by atoms with Crippen molar-refractivity contribution in [3.05, 3.63) is 35.4 Å². The van der Waals surface area contributed by atoms with E-state index in [-0.39, 0.29) is 6.04 Å². The van der Waals surface area contributed by atoms with Crippen LogP contribution in [0.3, 0.4) is 0 Å². The first kappa shape index (κ1) is 13.2. The van der Waals surface area contributed by atoms with E-state index < -0.39 is 0 Å². The van der Waals surface area contributed by atoms with Crippen LogP contribution in [0.5, 0.6) is 0 Å². The third-order valence-corrected chi connectivity index (χ3v) is 2.87. The lowest BCUT2D eigenvalue weighted by molar-refractivity contribution is 0.307. The average Bonchev–Trinajstić information content (AvgIpc) is 2.26. The number of likely N-dealkylation sites (N-methyl/N-ethyl adjacent to an activating group) is 1. The number of nitrogens with two attached hydrogens (primary N) is 1. The van der Waals surface area contributed by atoms with Gasteiger partial charge >= 0.3 is 0 Å². The van der Waals surface area contributed by atoms with E-state index in [2.05, 4.69) is 50.1 Å². The molecule has 0 amide bonds. The van der Waals surface area contributed by atoms with E-state index in [1.807, 2.05) is 0 Å². The van der Waals surface area contributed by atoms with Gasteiger partial charge in [-0.25, -0.2) is 0 Å². The molecule has 0 spiro atoms. The fraction of sp³-hybridized carbons (Fsp3) is 0.571. The highest BCUT2D eigenvalue weighted by atomic mass is 15.1. The first-order valence-corrected chi connectivity index (χ1v) is 6.14. The Labute approximate surface area is 99.5 Å². The van der Waals surface area contributed by atoms with Gasteiger partial charge in [-0.05, 0) is 32.5 Å². The third kappa shape index (κ3) is 4.33. The smallest absolute Gasteiger partial charge is 0.0424 e. The van der Waals surface area contributed by atoms with Crippen LogP contribution in [0.2, 0.25) is 0 Å². The quantitative estimate of drug-likeness (QED) is 0.798. The predicted molar refractivity (Wildman–Crippen MR) is 70.5 cm³/mol. The third-order valence-electron chi connectivity index (χ3n) is 2.87. The van der Waals surface area contributed by atoms with Crippen molar-refractivity contribution in [3.8, 4) is 0 Å². The minimum Gasteiger partial charge on any atom is -0.323 e. The second kappa shape index (κ2) is 6.66. The van der Waals surface area contributed by atoms with Gasteiger partial charge in [0.15, 0.2) is 0 Å². The van der Waals surface area contributed by atoms with E-state index in [0.717, 1.165) is 13.1 Å². The van der Waals surface area contributed by atoms with Gasteiger partial charge in [0.25, 0.3) is 0 Å². The van der Waals surface area contributed by atoms with Crippen molar-refractivity contribution in [3.63, 3.8) is 0 Å². The number of hydrogen-bond donors (Lipinski definition) is 1. The van der Waals surface area contributed by atoms with Gasteiger partial charge in [-0.15, -0.1) is 0 Å². The Morgan fingerprint density at radius 2 is 2.12 bits per heavy atom. The van der Waals surface area contributed by atoms with Crippen molar-refractivity contribution in [2.75, 3.05) is 20.1 Å². The summed E-state index contributed by atoms with van der Waals surface area (Å²) in [5.41, 5.74) is 8.72. The highest BCUT2D eigenvalue weighted by Crippen LogP contribution is 2.13. The van der Waals surface area contributed by atoms with Gasteiger partial charge in [0, 0.05) is 12.6 Å². The van der Waals surface area contributed by atoms with Gasteiger partial charge in [-0.1, -0.05) is 43.2 Å². The number of rotatable bonds is 6. The van der Waals surface area contributed by atoms with E-state index in [9.17, 15) is 0 Å². The van der Waals surface area contributed by atoms with Gasteiger partial charge in [0.1, 0.15) is 0 Å². The molecule has 90 valence electrons. The van der Waals surface area contributed by atoms with E-state index in [0.29, 0.717) is 0 Å². The summed E-state index contributed by atoms with van der Waals surface area (Å²) in [6.07, 6.45) is 2.49. The Balaban J connectivity index is 2.48. The zero-order valence-electron chi connectivity index (χ0n) is 10.7. The van der Waals surface area contributed by atoms with Gasteiger partial charge < -0.3 is 10.6 Å². The van der Waals surface area contributed by atoms with E-state index in [4.69, 9.17) is 5.73 Å². The van der Waals surface area contributed by atoms with Crippen LogP contribution in [0.1, 0.15) is 36.9 Å². The standard InChI is InChI=1S/C14H24N2/c1-4-5-9-16(3)11-14(15)13-8-6-7-12(2)10-13/h6-8,10,14H,4-5,9,11,15H2,1-3H3. The van der Waals surface area contributed by atoms with Crippen LogP contribution >= 0.6 is 0 Å². The summed E-state index contributed by atoms with van der Waals surface area (Å²) in [6.45, 7) is 6.39. The van der Waals surface area contributed by atoms with Crippen LogP contribution in [0.25, 0.3) is 0 Å². The average molecular weight is 220 g/mol. The van der Waals surface area contributed by atoms with Gasteiger partial charge in [-0.2, -0.15) is 0 Å². The summed E-state index contributed by atoms with van der Waals surface area (Å²) in [7, 11) is 2.14. The maximum Gasteiger partial charge on any atom is 0.0424 e. The lowest BCUT2D eigenvalue weighted by Gasteiger charge is -2.21. The van der Waals surface area contributed by atoms with Crippen molar-refractivity contribution < 1.29 is 0 Å². The molecule has 0 fully saturated rings. The number of aryl methyl sites for hydroxylation is 1. The monoisotopic (exact) mass is 220 g/mol. The van der Waals surface area contributed by atoms with Gasteiger partial charge in [0.2, 0.25) is 0 Å². The Kier molecular flexibility index (Phi) is 5.50. The lowest BCUT2D eigenvalue weighted by Crippen LogP contribution is -2.29. The fourth-order valence-corrected chi connectivity index (χ4v) is 1.86. The molecule has 0 saturated heterocycles. The molecule has 1 rings (SSSR count). The largest absolute Gasteiger partial charge is 0.323 e. The Morgan fingerprint density at radius 1 is 1.38 bits per heavy atom. The molecule has 16 heavy (non-hydrogen) atoms. The molecule has 2 heteroatoms. The second-order valence-corrected chi connectivity index (χ2v) is 4.64. The number of nitrogens with zero attached hydrogens (tertiary/aromatic N) is 1. The SMILES string of the molecule is CCCCN(C)CC(N)c1cccc(C)c1. The van der Waals surface area contributed by atoms with Crippen LogP contribution in [-0.2, 0) is 0 Å². The summed E-state index contributed by atoms with van der Waals surface area (Å²) in [6, 6.07) is 8.61. The molecule has 2 nitrogen and oxygen atoms in total. The summed E-state index contributed by atoms with van der Waals surface area (Å²) in [5, 5.41) is 0. The van der Waals surface area contributed by atoms with Crippen LogP contribution in [0, 0.1) is 6.92 Å². The van der Waals surface area contributed by atoms with Crippen molar-refractivity contribution in [1.82, 2.24) is 4.90 Å². The zero-order valence-corrected chi connectivity index (χ0v) is 10.7. The predicted octanol–water partition coefficient (Wildman–Crippen LogP) is 2.73. The second-order valence-electron chi connectivity index (χ2n) is 4.64. The maximum atomic E-state index is 6.19. The first-order chi connectivity index (χ1) is 7.63. The van der Waals surface area contributed by atoms with Crippen molar-refractivity contribution in [2.45, 2.75) is 32.7 Å². The van der Waals surface area contributed by atoms with Crippen LogP contribution in [0.15, 0.2) is 24.3 Å². The summed E-state index contributed by atoms with van der Waals surface area (Å²) in [5.74, 6) is 0. The summed E-state index contributed by atoms with van der Waals surface area (Å²) >= 11 is 0. The van der Waals surface area contributed by atoms with Crippen molar-refractivity contribution in [2.24, 2.45) is 5.73 Å². The Bertz CT molecular complexity index is 309. The van der Waals surface area contributed by atoms with Crippen LogP contribution in [0.4, 0.5) is 0 Å². The zero-order chi connectivity index (χ0) is 12.0. The normalized spacial score (nSPS) is 13.1. The van der Waals surface area contributed by atoms with E-state index >= 15 is 0 Å². The Hall–Kier alpha value is -0.860.